The van der Waals surface area contributed by atoms with Crippen molar-refractivity contribution in [3.8, 4) is 0 Å². The Morgan fingerprint density at radius 2 is 2.22 bits per heavy atom. The van der Waals surface area contributed by atoms with Crippen LogP contribution in [0, 0.1) is 6.92 Å². The third-order valence-corrected chi connectivity index (χ3v) is 3.79. The first kappa shape index (κ1) is 13.0. The minimum Gasteiger partial charge on any atom is -0.416 e. The van der Waals surface area contributed by atoms with E-state index in [0.29, 0.717) is 11.1 Å². The third kappa shape index (κ3) is 3.08. The van der Waals surface area contributed by atoms with Crippen LogP contribution >= 0.6 is 11.8 Å². The van der Waals surface area contributed by atoms with Crippen LogP contribution in [0.3, 0.4) is 0 Å². The lowest BCUT2D eigenvalue weighted by Crippen LogP contribution is -2.26. The molecule has 0 saturated carbocycles. The van der Waals surface area contributed by atoms with E-state index in [1.165, 1.54) is 11.8 Å². The first-order chi connectivity index (χ1) is 8.70. The predicted octanol–water partition coefficient (Wildman–Crippen LogP) is 2.34. The minimum atomic E-state index is -0.00268. The number of aromatic nitrogens is 3. The Morgan fingerprint density at radius 1 is 1.39 bits per heavy atom. The molecule has 0 aromatic carbocycles. The Balaban J connectivity index is 2.21. The zero-order valence-corrected chi connectivity index (χ0v) is 11.2. The van der Waals surface area contributed by atoms with Crippen molar-refractivity contribution in [3.05, 3.63) is 36.0 Å². The zero-order valence-electron chi connectivity index (χ0n) is 10.4. The molecule has 2 aromatic rings. The maximum absolute atomic E-state index is 6.15. The molecular weight excluding hydrogens is 248 g/mol. The monoisotopic (exact) mass is 264 g/mol. The lowest BCUT2D eigenvalue weighted by atomic mass is 10.1. The highest BCUT2D eigenvalue weighted by Crippen LogP contribution is 2.36. The number of hydrogen-bond acceptors (Lipinski definition) is 6. The van der Waals surface area contributed by atoms with Crippen LogP contribution in [0.2, 0.25) is 0 Å². The summed E-state index contributed by atoms with van der Waals surface area (Å²) in [4.78, 5) is 4.36. The molecule has 0 aliphatic rings. The highest BCUT2D eigenvalue weighted by atomic mass is 32.2. The van der Waals surface area contributed by atoms with Crippen LogP contribution in [0.1, 0.15) is 30.2 Å². The minimum absolute atomic E-state index is 0.00268. The molecule has 0 aliphatic heterocycles. The van der Waals surface area contributed by atoms with E-state index in [2.05, 4.69) is 22.1 Å². The lowest BCUT2D eigenvalue weighted by molar-refractivity contribution is 0.427. The average molecular weight is 264 g/mol. The molecular formula is C12H16N4OS. The van der Waals surface area contributed by atoms with Gasteiger partial charge >= 0.3 is 0 Å². The zero-order chi connectivity index (χ0) is 13.0. The van der Waals surface area contributed by atoms with Crippen LogP contribution < -0.4 is 5.73 Å². The third-order valence-electron chi connectivity index (χ3n) is 2.57. The first-order valence-electron chi connectivity index (χ1n) is 5.84. The number of aryl methyl sites for hydroxylation is 1. The van der Waals surface area contributed by atoms with Gasteiger partial charge in [-0.15, -0.1) is 10.2 Å². The second-order valence-electron chi connectivity index (χ2n) is 3.95. The van der Waals surface area contributed by atoms with Gasteiger partial charge in [0.25, 0.3) is 5.22 Å². The van der Waals surface area contributed by atoms with Gasteiger partial charge in [-0.05, 0) is 18.6 Å². The predicted molar refractivity (Wildman–Crippen MR) is 70.1 cm³/mol. The molecule has 6 heteroatoms. The Morgan fingerprint density at radius 3 is 2.78 bits per heavy atom. The van der Waals surface area contributed by atoms with Gasteiger partial charge < -0.3 is 10.2 Å². The Bertz CT molecular complexity index is 488. The quantitative estimate of drug-likeness (QED) is 0.835. The summed E-state index contributed by atoms with van der Waals surface area (Å²) in [7, 11) is 0. The fourth-order valence-electron chi connectivity index (χ4n) is 1.56. The Kier molecular flexibility index (Phi) is 4.33. The highest BCUT2D eigenvalue weighted by Gasteiger charge is 2.23. The maximum Gasteiger partial charge on any atom is 0.277 e. The van der Waals surface area contributed by atoms with Crippen LogP contribution in [0.5, 0.6) is 0 Å². The van der Waals surface area contributed by atoms with E-state index in [0.717, 1.165) is 12.1 Å². The molecule has 5 nitrogen and oxygen atoms in total. The first-order valence-corrected chi connectivity index (χ1v) is 6.72. The van der Waals surface area contributed by atoms with Crippen LogP contribution in [0.15, 0.2) is 34.0 Å². The van der Waals surface area contributed by atoms with E-state index < -0.39 is 0 Å². The van der Waals surface area contributed by atoms with Gasteiger partial charge in [0.15, 0.2) is 0 Å². The standard InChI is InChI=1S/C12H16N4OS/c1-3-9(13)11(10-6-4-5-7-14-10)18-12-16-15-8(2)17-12/h4-7,9,11H,3,13H2,1-2H3. The fourth-order valence-corrected chi connectivity index (χ4v) is 2.66. The molecule has 0 spiro atoms. The van der Waals surface area contributed by atoms with E-state index in [1.54, 1.807) is 13.1 Å². The summed E-state index contributed by atoms with van der Waals surface area (Å²) >= 11 is 1.47. The molecule has 96 valence electrons. The smallest absolute Gasteiger partial charge is 0.277 e. The molecule has 2 rings (SSSR count). The van der Waals surface area contributed by atoms with E-state index in [9.17, 15) is 0 Å². The van der Waals surface area contributed by atoms with E-state index in [-0.39, 0.29) is 11.3 Å². The summed E-state index contributed by atoms with van der Waals surface area (Å²) in [5.41, 5.74) is 7.09. The summed E-state index contributed by atoms with van der Waals surface area (Å²) in [5.74, 6) is 0.558. The van der Waals surface area contributed by atoms with Crippen molar-refractivity contribution in [2.24, 2.45) is 5.73 Å². The molecule has 0 amide bonds. The molecule has 0 radical (unpaired) electrons. The maximum atomic E-state index is 6.15. The van der Waals surface area contributed by atoms with Crippen molar-refractivity contribution in [3.63, 3.8) is 0 Å². The van der Waals surface area contributed by atoms with E-state index in [4.69, 9.17) is 10.2 Å². The second-order valence-corrected chi connectivity index (χ2v) is 5.04. The van der Waals surface area contributed by atoms with Gasteiger partial charge in [-0.25, -0.2) is 0 Å². The summed E-state index contributed by atoms with van der Waals surface area (Å²) in [6, 6.07) is 5.81. The van der Waals surface area contributed by atoms with Crippen LogP contribution in [0.25, 0.3) is 0 Å². The molecule has 0 bridgehead atoms. The van der Waals surface area contributed by atoms with Crippen molar-refractivity contribution in [2.45, 2.75) is 36.8 Å². The van der Waals surface area contributed by atoms with Gasteiger partial charge in [0.1, 0.15) is 0 Å². The van der Waals surface area contributed by atoms with E-state index >= 15 is 0 Å². The molecule has 0 aliphatic carbocycles. The highest BCUT2D eigenvalue weighted by molar-refractivity contribution is 7.99. The van der Waals surface area contributed by atoms with E-state index in [1.807, 2.05) is 18.2 Å². The van der Waals surface area contributed by atoms with Gasteiger partial charge in [0.05, 0.1) is 10.9 Å². The Labute approximate surface area is 110 Å². The van der Waals surface area contributed by atoms with Gasteiger partial charge in [-0.1, -0.05) is 24.8 Å². The SMILES string of the molecule is CCC(N)C(Sc1nnc(C)o1)c1ccccn1. The number of nitrogens with two attached hydrogens (primary N) is 1. The normalized spacial score (nSPS) is 14.4. The largest absolute Gasteiger partial charge is 0.416 e. The van der Waals surface area contributed by atoms with Crippen molar-refractivity contribution in [1.82, 2.24) is 15.2 Å². The topological polar surface area (TPSA) is 77.8 Å². The molecule has 2 unspecified atom stereocenters. The second kappa shape index (κ2) is 5.97. The van der Waals surface area contributed by atoms with Gasteiger partial charge in [-0.2, -0.15) is 0 Å². The molecule has 2 heterocycles. The fraction of sp³-hybridized carbons (Fsp3) is 0.417. The van der Waals surface area contributed by atoms with Crippen molar-refractivity contribution in [1.29, 1.82) is 0 Å². The lowest BCUT2D eigenvalue weighted by Gasteiger charge is -2.19. The van der Waals surface area contributed by atoms with Crippen molar-refractivity contribution < 1.29 is 4.42 Å². The number of nitrogens with zero attached hydrogens (tertiary/aromatic N) is 3. The molecule has 2 N–H and O–H groups in total. The number of rotatable bonds is 5. The molecule has 2 aromatic heterocycles. The van der Waals surface area contributed by atoms with Gasteiger partial charge in [-0.3, -0.25) is 4.98 Å². The summed E-state index contributed by atoms with van der Waals surface area (Å²) < 4.78 is 5.39. The molecule has 0 saturated heterocycles. The summed E-state index contributed by atoms with van der Waals surface area (Å²) in [6.45, 7) is 3.83. The van der Waals surface area contributed by atoms with Crippen molar-refractivity contribution >= 4 is 11.8 Å². The van der Waals surface area contributed by atoms with Gasteiger partial charge in [0.2, 0.25) is 5.89 Å². The van der Waals surface area contributed by atoms with Crippen LogP contribution in [0.4, 0.5) is 0 Å². The number of hydrogen-bond donors (Lipinski definition) is 1. The molecule has 2 atom stereocenters. The van der Waals surface area contributed by atoms with Gasteiger partial charge in [0, 0.05) is 19.2 Å². The molecule has 18 heavy (non-hydrogen) atoms. The van der Waals surface area contributed by atoms with Crippen LogP contribution in [-0.4, -0.2) is 21.2 Å². The number of pyridine rings is 1. The molecule has 0 fully saturated rings. The van der Waals surface area contributed by atoms with Crippen molar-refractivity contribution in [2.75, 3.05) is 0 Å². The summed E-state index contributed by atoms with van der Waals surface area (Å²) in [6.07, 6.45) is 2.63. The summed E-state index contributed by atoms with van der Waals surface area (Å²) in [5, 5.41) is 8.37. The Hall–Kier alpha value is -1.40. The van der Waals surface area contributed by atoms with Crippen LogP contribution in [-0.2, 0) is 0 Å². The average Bonchev–Trinajstić information content (AvgIpc) is 2.82. The number of thioether (sulfide) groups is 1.